The molecule has 5 nitrogen and oxygen atoms in total. The topological polar surface area (TPSA) is 58.2 Å². The molecule has 1 fully saturated rings. The van der Waals surface area contributed by atoms with Crippen LogP contribution in [-0.4, -0.2) is 47.6 Å². The van der Waals surface area contributed by atoms with Crippen molar-refractivity contribution in [3.05, 3.63) is 52.8 Å². The maximum absolute atomic E-state index is 12.3. The van der Waals surface area contributed by atoms with E-state index in [0.29, 0.717) is 11.8 Å². The SMILES string of the molecule is COCC(=O)N1CCCC(c2ccc3[nH]c(-c4cc(C)nc(C)c4)c(C(C)C)c3c2)C1. The number of amides is 1. The number of rotatable bonds is 5. The van der Waals surface area contributed by atoms with Crippen LogP contribution in [0.15, 0.2) is 30.3 Å². The van der Waals surface area contributed by atoms with Crippen molar-refractivity contribution in [2.24, 2.45) is 0 Å². The third-order valence-corrected chi connectivity index (χ3v) is 6.32. The number of hydrogen-bond acceptors (Lipinski definition) is 3. The van der Waals surface area contributed by atoms with E-state index in [0.717, 1.165) is 42.8 Å². The van der Waals surface area contributed by atoms with Gasteiger partial charge in [0.15, 0.2) is 0 Å². The number of pyridine rings is 1. The molecule has 1 saturated heterocycles. The summed E-state index contributed by atoms with van der Waals surface area (Å²) in [5.41, 5.74) is 8.29. The van der Waals surface area contributed by atoms with Crippen LogP contribution in [0.2, 0.25) is 0 Å². The quantitative estimate of drug-likeness (QED) is 0.609. The van der Waals surface area contributed by atoms with Gasteiger partial charge in [0.1, 0.15) is 6.61 Å². The summed E-state index contributed by atoms with van der Waals surface area (Å²) in [5.74, 6) is 0.838. The van der Waals surface area contributed by atoms with Crippen LogP contribution in [0.4, 0.5) is 0 Å². The Labute approximate surface area is 184 Å². The van der Waals surface area contributed by atoms with Crippen molar-refractivity contribution in [3.63, 3.8) is 0 Å². The first-order chi connectivity index (χ1) is 14.9. The van der Waals surface area contributed by atoms with Crippen LogP contribution < -0.4 is 0 Å². The highest BCUT2D eigenvalue weighted by molar-refractivity contribution is 5.92. The standard InChI is InChI=1S/C26H33N3O2/c1-16(2)25-22-13-19(20-7-6-10-29(14-20)24(30)15-31-5)8-9-23(22)28-26(25)21-11-17(3)27-18(4)12-21/h8-9,11-13,16,20,28H,6-7,10,14-15H2,1-5H3. The number of aromatic nitrogens is 2. The molecule has 3 heterocycles. The predicted octanol–water partition coefficient (Wildman–Crippen LogP) is 5.32. The molecule has 0 radical (unpaired) electrons. The third kappa shape index (κ3) is 4.38. The van der Waals surface area contributed by atoms with E-state index in [9.17, 15) is 4.79 Å². The van der Waals surface area contributed by atoms with Crippen LogP contribution >= 0.6 is 0 Å². The van der Waals surface area contributed by atoms with Crippen LogP contribution in [0.3, 0.4) is 0 Å². The number of aryl methyl sites for hydroxylation is 2. The summed E-state index contributed by atoms with van der Waals surface area (Å²) in [7, 11) is 1.58. The number of nitrogens with zero attached hydrogens (tertiary/aromatic N) is 2. The molecule has 1 aromatic carbocycles. The molecular formula is C26H33N3O2. The zero-order chi connectivity index (χ0) is 22.1. The van der Waals surface area contributed by atoms with Gasteiger partial charge in [-0.1, -0.05) is 19.9 Å². The van der Waals surface area contributed by atoms with Crippen molar-refractivity contribution in [1.82, 2.24) is 14.9 Å². The van der Waals surface area contributed by atoms with Crippen molar-refractivity contribution < 1.29 is 9.53 Å². The normalized spacial score (nSPS) is 17.0. The zero-order valence-corrected chi connectivity index (χ0v) is 19.3. The maximum atomic E-state index is 12.3. The summed E-state index contributed by atoms with van der Waals surface area (Å²) >= 11 is 0. The van der Waals surface area contributed by atoms with E-state index in [-0.39, 0.29) is 12.5 Å². The molecule has 164 valence electrons. The van der Waals surface area contributed by atoms with Gasteiger partial charge in [0.2, 0.25) is 5.91 Å². The van der Waals surface area contributed by atoms with Gasteiger partial charge in [0.25, 0.3) is 0 Å². The smallest absolute Gasteiger partial charge is 0.248 e. The van der Waals surface area contributed by atoms with Gasteiger partial charge in [-0.15, -0.1) is 0 Å². The van der Waals surface area contributed by atoms with Gasteiger partial charge in [0.05, 0.1) is 5.69 Å². The summed E-state index contributed by atoms with van der Waals surface area (Å²) in [6, 6.07) is 11.1. The summed E-state index contributed by atoms with van der Waals surface area (Å²) in [6.07, 6.45) is 2.14. The lowest BCUT2D eigenvalue weighted by atomic mass is 9.88. The number of benzene rings is 1. The third-order valence-electron chi connectivity index (χ3n) is 6.32. The number of H-pyrrole nitrogens is 1. The first-order valence-electron chi connectivity index (χ1n) is 11.2. The molecule has 5 heteroatoms. The fourth-order valence-electron chi connectivity index (χ4n) is 4.98. The molecule has 0 spiro atoms. The minimum atomic E-state index is 0.0866. The van der Waals surface area contributed by atoms with E-state index in [4.69, 9.17) is 4.74 Å². The number of nitrogens with one attached hydrogen (secondary N) is 1. The molecule has 0 bridgehead atoms. The second-order valence-corrected chi connectivity index (χ2v) is 9.12. The Morgan fingerprint density at radius 2 is 1.97 bits per heavy atom. The molecule has 31 heavy (non-hydrogen) atoms. The van der Waals surface area contributed by atoms with Crippen LogP contribution in [0, 0.1) is 13.8 Å². The number of likely N-dealkylation sites (tertiary alicyclic amines) is 1. The van der Waals surface area contributed by atoms with Crippen LogP contribution in [0.1, 0.15) is 61.0 Å². The number of fused-ring (bicyclic) bond motifs is 1. The molecule has 0 saturated carbocycles. The zero-order valence-electron chi connectivity index (χ0n) is 19.3. The van der Waals surface area contributed by atoms with Gasteiger partial charge in [-0.3, -0.25) is 9.78 Å². The maximum Gasteiger partial charge on any atom is 0.248 e. The van der Waals surface area contributed by atoms with E-state index in [1.165, 1.54) is 27.8 Å². The minimum Gasteiger partial charge on any atom is -0.375 e. The number of aromatic amines is 1. The van der Waals surface area contributed by atoms with Crippen molar-refractivity contribution in [2.75, 3.05) is 26.8 Å². The van der Waals surface area contributed by atoms with E-state index in [1.807, 2.05) is 18.7 Å². The van der Waals surface area contributed by atoms with Gasteiger partial charge in [-0.05, 0) is 68.0 Å². The number of methoxy groups -OCH3 is 1. The lowest BCUT2D eigenvalue weighted by Crippen LogP contribution is -2.40. The largest absolute Gasteiger partial charge is 0.375 e. The summed E-state index contributed by atoms with van der Waals surface area (Å²) in [5, 5.41) is 1.29. The van der Waals surface area contributed by atoms with Gasteiger partial charge in [-0.2, -0.15) is 0 Å². The lowest BCUT2D eigenvalue weighted by molar-refractivity contribution is -0.136. The molecule has 1 amide bonds. The van der Waals surface area contributed by atoms with E-state index in [2.05, 4.69) is 54.1 Å². The van der Waals surface area contributed by atoms with Crippen molar-refractivity contribution in [2.45, 2.75) is 52.4 Å². The second kappa shape index (κ2) is 8.83. The first-order valence-corrected chi connectivity index (χ1v) is 11.2. The van der Waals surface area contributed by atoms with Gasteiger partial charge >= 0.3 is 0 Å². The number of carbonyl (C=O) groups is 1. The van der Waals surface area contributed by atoms with Crippen molar-refractivity contribution >= 4 is 16.8 Å². The Bertz CT molecular complexity index is 1080. The Morgan fingerprint density at radius 1 is 1.23 bits per heavy atom. The molecule has 1 aliphatic rings. The molecule has 1 N–H and O–H groups in total. The van der Waals surface area contributed by atoms with Gasteiger partial charge in [0, 0.05) is 54.0 Å². The van der Waals surface area contributed by atoms with Crippen molar-refractivity contribution in [1.29, 1.82) is 0 Å². The van der Waals surface area contributed by atoms with Gasteiger partial charge in [-0.25, -0.2) is 0 Å². The predicted molar refractivity (Wildman–Crippen MR) is 126 cm³/mol. The monoisotopic (exact) mass is 419 g/mol. The Hall–Kier alpha value is -2.66. The molecule has 1 aliphatic heterocycles. The van der Waals surface area contributed by atoms with E-state index in [1.54, 1.807) is 7.11 Å². The van der Waals surface area contributed by atoms with Crippen molar-refractivity contribution in [3.8, 4) is 11.3 Å². The summed E-state index contributed by atoms with van der Waals surface area (Å²) < 4.78 is 5.06. The molecule has 2 aromatic heterocycles. The van der Waals surface area contributed by atoms with Crippen LogP contribution in [-0.2, 0) is 9.53 Å². The molecule has 3 aromatic rings. The Balaban J connectivity index is 1.73. The number of carbonyl (C=O) groups excluding carboxylic acids is 1. The molecule has 0 aliphatic carbocycles. The highest BCUT2D eigenvalue weighted by Gasteiger charge is 2.25. The number of hydrogen-bond donors (Lipinski definition) is 1. The Morgan fingerprint density at radius 3 is 2.65 bits per heavy atom. The van der Waals surface area contributed by atoms with Gasteiger partial charge < -0.3 is 14.6 Å². The second-order valence-electron chi connectivity index (χ2n) is 9.12. The summed E-state index contributed by atoms with van der Waals surface area (Å²) in [6.45, 7) is 10.4. The van der Waals surface area contributed by atoms with E-state index >= 15 is 0 Å². The van der Waals surface area contributed by atoms with Crippen LogP contribution in [0.25, 0.3) is 22.2 Å². The molecule has 1 atom stereocenters. The van der Waals surface area contributed by atoms with E-state index < -0.39 is 0 Å². The first kappa shape index (κ1) is 21.6. The van der Waals surface area contributed by atoms with Crippen LogP contribution in [0.5, 0.6) is 0 Å². The Kier molecular flexibility index (Phi) is 6.15. The summed E-state index contributed by atoms with van der Waals surface area (Å²) in [4.78, 5) is 22.5. The number of piperidine rings is 1. The molecule has 1 unspecified atom stereocenters. The average Bonchev–Trinajstić information content (AvgIpc) is 3.12. The highest BCUT2D eigenvalue weighted by atomic mass is 16.5. The lowest BCUT2D eigenvalue weighted by Gasteiger charge is -2.33. The fourth-order valence-corrected chi connectivity index (χ4v) is 4.98. The fraction of sp³-hybridized carbons (Fsp3) is 0.462. The molecule has 4 rings (SSSR count). The minimum absolute atomic E-state index is 0.0866. The highest BCUT2D eigenvalue weighted by Crippen LogP contribution is 2.38. The molecular weight excluding hydrogens is 386 g/mol. The average molecular weight is 420 g/mol. The number of ether oxygens (including phenoxy) is 1.